The van der Waals surface area contributed by atoms with Crippen LogP contribution in [-0.2, 0) is 10.0 Å². The van der Waals surface area contributed by atoms with Crippen LogP contribution in [0.15, 0.2) is 35.4 Å². The van der Waals surface area contributed by atoms with Gasteiger partial charge < -0.3 is 9.80 Å². The van der Waals surface area contributed by atoms with Crippen LogP contribution in [0.1, 0.15) is 23.4 Å². The first kappa shape index (κ1) is 22.8. The molecule has 0 saturated carbocycles. The Morgan fingerprint density at radius 3 is 2.56 bits per heavy atom. The van der Waals surface area contributed by atoms with Crippen molar-refractivity contribution in [1.29, 1.82) is 0 Å². The number of piperazine rings is 1. The van der Waals surface area contributed by atoms with E-state index in [0.717, 1.165) is 72.9 Å². The summed E-state index contributed by atoms with van der Waals surface area (Å²) >= 11 is 0. The van der Waals surface area contributed by atoms with Crippen LogP contribution in [0.25, 0.3) is 16.8 Å². The molecule has 1 fully saturated rings. The Morgan fingerprint density at radius 2 is 1.81 bits per heavy atom. The van der Waals surface area contributed by atoms with Crippen LogP contribution in [0.5, 0.6) is 0 Å². The van der Waals surface area contributed by atoms with E-state index in [2.05, 4.69) is 31.7 Å². The number of rotatable bonds is 7. The lowest BCUT2D eigenvalue weighted by Crippen LogP contribution is -2.45. The van der Waals surface area contributed by atoms with Crippen molar-refractivity contribution >= 4 is 15.7 Å². The molecule has 0 bridgehead atoms. The Bertz CT molecular complexity index is 1210. The molecule has 172 valence electrons. The van der Waals surface area contributed by atoms with Crippen LogP contribution in [0.2, 0.25) is 0 Å². The Morgan fingerprint density at radius 1 is 1.06 bits per heavy atom. The van der Waals surface area contributed by atoms with Gasteiger partial charge in [-0.2, -0.15) is 5.10 Å². The smallest absolute Gasteiger partial charge is 0.240 e. The number of aryl methyl sites for hydroxylation is 3. The second kappa shape index (κ2) is 9.27. The third kappa shape index (κ3) is 4.85. The molecule has 1 aromatic carbocycles. The van der Waals surface area contributed by atoms with Crippen molar-refractivity contribution < 1.29 is 8.42 Å². The Balaban J connectivity index is 1.50. The summed E-state index contributed by atoms with van der Waals surface area (Å²) in [5.74, 6) is 0. The molecule has 1 saturated heterocycles. The summed E-state index contributed by atoms with van der Waals surface area (Å²) in [6.07, 6.45) is 2.54. The SMILES string of the molecule is Cc1cc(C)n2ncc(-c3ccc(C)c(S(=O)(=O)NCCCN4CCN(C)CC4)c3)c2n1. The highest BCUT2D eigenvalue weighted by molar-refractivity contribution is 7.89. The third-order valence-corrected chi connectivity index (χ3v) is 7.71. The lowest BCUT2D eigenvalue weighted by Gasteiger charge is -2.32. The number of nitrogens with zero attached hydrogens (tertiary/aromatic N) is 5. The van der Waals surface area contributed by atoms with Crippen molar-refractivity contribution in [2.24, 2.45) is 0 Å². The number of hydrogen-bond donors (Lipinski definition) is 1. The van der Waals surface area contributed by atoms with Crippen molar-refractivity contribution in [3.8, 4) is 11.1 Å². The van der Waals surface area contributed by atoms with Gasteiger partial charge in [-0.25, -0.2) is 22.6 Å². The fourth-order valence-corrected chi connectivity index (χ4v) is 5.53. The van der Waals surface area contributed by atoms with Gasteiger partial charge in [0.25, 0.3) is 0 Å². The predicted molar refractivity (Wildman–Crippen MR) is 126 cm³/mol. The lowest BCUT2D eigenvalue weighted by molar-refractivity contribution is 0.153. The van der Waals surface area contributed by atoms with E-state index in [0.29, 0.717) is 11.4 Å². The molecule has 4 rings (SSSR count). The van der Waals surface area contributed by atoms with Crippen LogP contribution < -0.4 is 4.72 Å². The second-order valence-electron chi connectivity index (χ2n) is 8.71. The predicted octanol–water partition coefficient (Wildman–Crippen LogP) is 2.24. The number of sulfonamides is 1. The van der Waals surface area contributed by atoms with E-state index in [4.69, 9.17) is 0 Å². The molecule has 0 atom stereocenters. The molecule has 2 aromatic heterocycles. The molecular formula is C23H32N6O2S. The molecule has 0 spiro atoms. The van der Waals surface area contributed by atoms with Crippen LogP contribution in [-0.4, -0.2) is 79.1 Å². The summed E-state index contributed by atoms with van der Waals surface area (Å²) in [6.45, 7) is 11.3. The van der Waals surface area contributed by atoms with Gasteiger partial charge in [0.15, 0.2) is 5.65 Å². The number of likely N-dealkylation sites (N-methyl/N-ethyl adjacent to an activating group) is 1. The molecule has 0 aliphatic carbocycles. The number of benzene rings is 1. The third-order valence-electron chi connectivity index (χ3n) is 6.11. The number of aromatic nitrogens is 3. The van der Waals surface area contributed by atoms with Crippen molar-refractivity contribution in [1.82, 2.24) is 29.1 Å². The average molecular weight is 457 g/mol. The maximum atomic E-state index is 13.1. The second-order valence-corrected chi connectivity index (χ2v) is 10.4. The van der Waals surface area contributed by atoms with Gasteiger partial charge >= 0.3 is 0 Å². The Labute approximate surface area is 190 Å². The molecule has 0 unspecified atom stereocenters. The van der Waals surface area contributed by atoms with E-state index >= 15 is 0 Å². The van der Waals surface area contributed by atoms with Crippen LogP contribution in [0.3, 0.4) is 0 Å². The summed E-state index contributed by atoms with van der Waals surface area (Å²) in [4.78, 5) is 9.64. The molecule has 3 aromatic rings. The van der Waals surface area contributed by atoms with Gasteiger partial charge in [0.05, 0.1) is 11.1 Å². The molecule has 1 aliphatic heterocycles. The highest BCUT2D eigenvalue weighted by atomic mass is 32.2. The van der Waals surface area contributed by atoms with E-state index in [-0.39, 0.29) is 0 Å². The molecule has 32 heavy (non-hydrogen) atoms. The van der Waals surface area contributed by atoms with Crippen molar-refractivity contribution in [2.75, 3.05) is 46.3 Å². The molecule has 9 heteroatoms. The molecular weight excluding hydrogens is 424 g/mol. The molecule has 1 N–H and O–H groups in total. The standard InChI is InChI=1S/C23H32N6O2S/c1-17-6-7-20(21-16-24-29-19(3)14-18(2)26-23(21)29)15-22(17)32(30,31)25-8-5-9-28-12-10-27(4)11-13-28/h6-7,14-16,25H,5,8-13H2,1-4H3. The van der Waals surface area contributed by atoms with E-state index in [1.54, 1.807) is 16.8 Å². The summed E-state index contributed by atoms with van der Waals surface area (Å²) in [5, 5.41) is 4.44. The quantitative estimate of drug-likeness (QED) is 0.549. The monoisotopic (exact) mass is 456 g/mol. The summed E-state index contributed by atoms with van der Waals surface area (Å²) < 4.78 is 30.7. The van der Waals surface area contributed by atoms with Gasteiger partial charge in [0, 0.05) is 49.7 Å². The minimum atomic E-state index is -3.61. The minimum absolute atomic E-state index is 0.304. The molecule has 0 amide bonds. The topological polar surface area (TPSA) is 82.8 Å². The first-order valence-corrected chi connectivity index (χ1v) is 12.6. The molecule has 3 heterocycles. The van der Waals surface area contributed by atoms with Crippen molar-refractivity contribution in [3.05, 3.63) is 47.4 Å². The molecule has 8 nitrogen and oxygen atoms in total. The summed E-state index contributed by atoms with van der Waals surface area (Å²) in [5.41, 5.74) is 4.95. The van der Waals surface area contributed by atoms with Crippen molar-refractivity contribution in [3.63, 3.8) is 0 Å². The zero-order valence-corrected chi connectivity index (χ0v) is 20.1. The fourth-order valence-electron chi connectivity index (χ4n) is 4.19. The Kier molecular flexibility index (Phi) is 6.62. The van der Waals surface area contributed by atoms with E-state index in [9.17, 15) is 8.42 Å². The normalized spacial score (nSPS) is 16.1. The zero-order chi connectivity index (χ0) is 22.9. The average Bonchev–Trinajstić information content (AvgIpc) is 3.17. The van der Waals surface area contributed by atoms with Crippen LogP contribution in [0, 0.1) is 20.8 Å². The molecule has 0 radical (unpaired) electrons. The zero-order valence-electron chi connectivity index (χ0n) is 19.3. The maximum Gasteiger partial charge on any atom is 0.240 e. The first-order chi connectivity index (χ1) is 15.2. The van der Waals surface area contributed by atoms with E-state index in [1.807, 2.05) is 39.0 Å². The largest absolute Gasteiger partial charge is 0.304 e. The first-order valence-electron chi connectivity index (χ1n) is 11.1. The van der Waals surface area contributed by atoms with Crippen LogP contribution >= 0.6 is 0 Å². The van der Waals surface area contributed by atoms with Gasteiger partial charge in [-0.05, 0) is 64.0 Å². The van der Waals surface area contributed by atoms with E-state index in [1.165, 1.54) is 0 Å². The number of hydrogen-bond acceptors (Lipinski definition) is 6. The van der Waals surface area contributed by atoms with Gasteiger partial charge in [0.1, 0.15) is 0 Å². The van der Waals surface area contributed by atoms with Crippen molar-refractivity contribution in [2.45, 2.75) is 32.1 Å². The van der Waals surface area contributed by atoms with E-state index < -0.39 is 10.0 Å². The van der Waals surface area contributed by atoms with Gasteiger partial charge in [-0.1, -0.05) is 12.1 Å². The molecule has 1 aliphatic rings. The summed E-state index contributed by atoms with van der Waals surface area (Å²) in [6, 6.07) is 7.48. The number of nitrogens with one attached hydrogen (secondary N) is 1. The van der Waals surface area contributed by atoms with Gasteiger partial charge in [0.2, 0.25) is 10.0 Å². The summed E-state index contributed by atoms with van der Waals surface area (Å²) in [7, 11) is -1.48. The fraction of sp³-hybridized carbons (Fsp3) is 0.478. The van der Waals surface area contributed by atoms with Gasteiger partial charge in [-0.3, -0.25) is 0 Å². The van der Waals surface area contributed by atoms with Gasteiger partial charge in [-0.15, -0.1) is 0 Å². The van der Waals surface area contributed by atoms with Crippen LogP contribution in [0.4, 0.5) is 0 Å². The highest BCUT2D eigenvalue weighted by Crippen LogP contribution is 2.28. The lowest BCUT2D eigenvalue weighted by atomic mass is 10.1. The minimum Gasteiger partial charge on any atom is -0.304 e. The highest BCUT2D eigenvalue weighted by Gasteiger charge is 2.20. The number of fused-ring (bicyclic) bond motifs is 1. The Hall–Kier alpha value is -2.33. The maximum absolute atomic E-state index is 13.1.